The lowest BCUT2D eigenvalue weighted by atomic mass is 10.1. The molecular weight excluding hydrogens is 270 g/mol. The number of aromatic nitrogens is 2. The lowest BCUT2D eigenvalue weighted by Gasteiger charge is -2.08. The minimum atomic E-state index is -0.254. The summed E-state index contributed by atoms with van der Waals surface area (Å²) in [5, 5.41) is 16.8. The lowest BCUT2D eigenvalue weighted by Crippen LogP contribution is -2.23. The van der Waals surface area contributed by atoms with Crippen molar-refractivity contribution in [3.8, 4) is 11.5 Å². The molecule has 0 radical (unpaired) electrons. The van der Waals surface area contributed by atoms with Crippen LogP contribution in [0.4, 0.5) is 0 Å². The molecule has 1 heterocycles. The number of aromatic hydroxyl groups is 1. The van der Waals surface area contributed by atoms with Gasteiger partial charge in [0.2, 0.25) is 0 Å². The Labute approximate surface area is 123 Å². The van der Waals surface area contributed by atoms with E-state index in [2.05, 4.69) is 10.4 Å². The highest BCUT2D eigenvalue weighted by Gasteiger charge is 2.13. The van der Waals surface area contributed by atoms with Crippen LogP contribution in [-0.4, -0.2) is 27.9 Å². The predicted molar refractivity (Wildman–Crippen MR) is 78.5 cm³/mol. The van der Waals surface area contributed by atoms with Gasteiger partial charge in [0.05, 0.1) is 12.8 Å². The van der Waals surface area contributed by atoms with E-state index in [0.29, 0.717) is 17.9 Å². The molecule has 0 aliphatic rings. The fourth-order valence-corrected chi connectivity index (χ4v) is 2.18. The van der Waals surface area contributed by atoms with Crippen LogP contribution >= 0.6 is 0 Å². The third-order valence-corrected chi connectivity index (χ3v) is 3.53. The first-order valence-corrected chi connectivity index (χ1v) is 6.58. The number of carbonyl (C=O) groups is 1. The molecule has 2 aromatic rings. The van der Waals surface area contributed by atoms with Gasteiger partial charge >= 0.3 is 0 Å². The molecule has 0 saturated carbocycles. The molecule has 1 aromatic carbocycles. The Morgan fingerprint density at radius 1 is 1.43 bits per heavy atom. The van der Waals surface area contributed by atoms with Crippen molar-refractivity contribution in [1.29, 1.82) is 0 Å². The largest absolute Gasteiger partial charge is 0.504 e. The Hall–Kier alpha value is -2.50. The van der Waals surface area contributed by atoms with Crippen molar-refractivity contribution in [3.63, 3.8) is 0 Å². The van der Waals surface area contributed by atoms with Crippen LogP contribution in [0.1, 0.15) is 27.3 Å². The molecule has 21 heavy (non-hydrogen) atoms. The number of nitrogens with one attached hydrogen (secondary N) is 1. The molecule has 0 spiro atoms. The van der Waals surface area contributed by atoms with Gasteiger partial charge in [-0.05, 0) is 32.0 Å². The van der Waals surface area contributed by atoms with Crippen LogP contribution < -0.4 is 10.1 Å². The number of phenols is 1. The Morgan fingerprint density at radius 2 is 2.14 bits per heavy atom. The van der Waals surface area contributed by atoms with Crippen LogP contribution in [0.2, 0.25) is 0 Å². The monoisotopic (exact) mass is 289 g/mol. The molecule has 0 aliphatic carbocycles. The summed E-state index contributed by atoms with van der Waals surface area (Å²) in [4.78, 5) is 12.1. The van der Waals surface area contributed by atoms with E-state index in [9.17, 15) is 9.90 Å². The summed E-state index contributed by atoms with van der Waals surface area (Å²) in [6.07, 6.45) is 0. The summed E-state index contributed by atoms with van der Waals surface area (Å²) in [6, 6.07) is 4.55. The van der Waals surface area contributed by atoms with Crippen molar-refractivity contribution in [2.45, 2.75) is 20.4 Å². The van der Waals surface area contributed by atoms with E-state index < -0.39 is 0 Å². The van der Waals surface area contributed by atoms with E-state index in [1.165, 1.54) is 13.2 Å². The molecule has 0 fully saturated rings. The molecule has 0 bridgehead atoms. The van der Waals surface area contributed by atoms with Crippen molar-refractivity contribution in [3.05, 3.63) is 40.7 Å². The maximum absolute atomic E-state index is 12.1. The Bertz CT molecular complexity index is 677. The van der Waals surface area contributed by atoms with Gasteiger partial charge in [-0.2, -0.15) is 5.10 Å². The number of rotatable bonds is 4. The van der Waals surface area contributed by atoms with Gasteiger partial charge in [-0.15, -0.1) is 0 Å². The van der Waals surface area contributed by atoms with Gasteiger partial charge in [-0.3, -0.25) is 9.48 Å². The van der Waals surface area contributed by atoms with E-state index >= 15 is 0 Å². The number of ether oxygens (including phenoxy) is 1. The molecule has 112 valence electrons. The van der Waals surface area contributed by atoms with E-state index in [0.717, 1.165) is 17.0 Å². The number of benzene rings is 1. The first-order chi connectivity index (χ1) is 9.93. The van der Waals surface area contributed by atoms with E-state index in [1.54, 1.807) is 16.8 Å². The predicted octanol–water partition coefficient (Wildman–Crippen LogP) is 1.68. The van der Waals surface area contributed by atoms with Crippen molar-refractivity contribution >= 4 is 5.91 Å². The Balaban J connectivity index is 2.10. The van der Waals surface area contributed by atoms with Crippen LogP contribution in [0, 0.1) is 13.8 Å². The van der Waals surface area contributed by atoms with Crippen LogP contribution in [0.5, 0.6) is 11.5 Å². The van der Waals surface area contributed by atoms with Gasteiger partial charge in [0.25, 0.3) is 5.91 Å². The summed E-state index contributed by atoms with van der Waals surface area (Å²) in [7, 11) is 3.33. The molecule has 6 heteroatoms. The highest BCUT2D eigenvalue weighted by molar-refractivity contribution is 5.94. The molecule has 2 rings (SSSR count). The number of hydrogen-bond acceptors (Lipinski definition) is 4. The summed E-state index contributed by atoms with van der Waals surface area (Å²) in [5.41, 5.74) is 3.30. The molecule has 0 atom stereocenters. The second-order valence-corrected chi connectivity index (χ2v) is 4.84. The molecule has 0 saturated heterocycles. The summed E-state index contributed by atoms with van der Waals surface area (Å²) < 4.78 is 6.74. The molecule has 1 amide bonds. The SMILES string of the molecule is COc1ccc(C(=O)NCc2c(C)nn(C)c2C)cc1O. The van der Waals surface area contributed by atoms with Crippen LogP contribution in [0.3, 0.4) is 0 Å². The number of hydrogen-bond donors (Lipinski definition) is 2. The average molecular weight is 289 g/mol. The Kier molecular flexibility index (Phi) is 4.16. The summed E-state index contributed by atoms with van der Waals surface area (Å²) >= 11 is 0. The van der Waals surface area contributed by atoms with Crippen molar-refractivity contribution in [1.82, 2.24) is 15.1 Å². The quantitative estimate of drug-likeness (QED) is 0.898. The summed E-state index contributed by atoms with van der Waals surface area (Å²) in [6.45, 7) is 4.27. The zero-order chi connectivity index (χ0) is 15.6. The van der Waals surface area contributed by atoms with Gasteiger partial charge in [0, 0.05) is 30.4 Å². The van der Waals surface area contributed by atoms with Gasteiger partial charge in [0.1, 0.15) is 0 Å². The second-order valence-electron chi connectivity index (χ2n) is 4.84. The minimum absolute atomic E-state index is 0.0566. The molecule has 6 nitrogen and oxygen atoms in total. The lowest BCUT2D eigenvalue weighted by molar-refractivity contribution is 0.0950. The number of nitrogens with zero attached hydrogens (tertiary/aromatic N) is 2. The molecule has 0 aliphatic heterocycles. The van der Waals surface area contributed by atoms with Gasteiger partial charge in [-0.1, -0.05) is 0 Å². The molecule has 0 unspecified atom stereocenters. The van der Waals surface area contributed by atoms with Crippen LogP contribution in [0.25, 0.3) is 0 Å². The fourth-order valence-electron chi connectivity index (χ4n) is 2.18. The maximum Gasteiger partial charge on any atom is 0.251 e. The second kappa shape index (κ2) is 5.87. The summed E-state index contributed by atoms with van der Waals surface area (Å²) in [5.74, 6) is 0.0278. The Morgan fingerprint density at radius 3 is 2.67 bits per heavy atom. The third kappa shape index (κ3) is 2.99. The van der Waals surface area contributed by atoms with Crippen molar-refractivity contribution < 1.29 is 14.6 Å². The highest BCUT2D eigenvalue weighted by atomic mass is 16.5. The van der Waals surface area contributed by atoms with E-state index in [4.69, 9.17) is 4.74 Å². The third-order valence-electron chi connectivity index (χ3n) is 3.53. The van der Waals surface area contributed by atoms with Crippen LogP contribution in [0.15, 0.2) is 18.2 Å². The topological polar surface area (TPSA) is 76.4 Å². The highest BCUT2D eigenvalue weighted by Crippen LogP contribution is 2.26. The number of methoxy groups -OCH3 is 1. The normalized spacial score (nSPS) is 10.5. The number of aryl methyl sites for hydroxylation is 2. The fraction of sp³-hybridized carbons (Fsp3) is 0.333. The van der Waals surface area contributed by atoms with E-state index in [-0.39, 0.29) is 11.7 Å². The van der Waals surface area contributed by atoms with Crippen molar-refractivity contribution in [2.24, 2.45) is 7.05 Å². The number of phenolic OH excluding ortho intramolecular Hbond substituents is 1. The maximum atomic E-state index is 12.1. The minimum Gasteiger partial charge on any atom is -0.504 e. The van der Waals surface area contributed by atoms with Gasteiger partial charge < -0.3 is 15.2 Å². The molecule has 1 aromatic heterocycles. The van der Waals surface area contributed by atoms with Crippen molar-refractivity contribution in [2.75, 3.05) is 7.11 Å². The first kappa shape index (κ1) is 14.9. The number of carbonyl (C=O) groups excluding carboxylic acids is 1. The van der Waals surface area contributed by atoms with Gasteiger partial charge in [-0.25, -0.2) is 0 Å². The molecule has 2 N–H and O–H groups in total. The smallest absolute Gasteiger partial charge is 0.251 e. The average Bonchev–Trinajstić information content (AvgIpc) is 2.69. The zero-order valence-corrected chi connectivity index (χ0v) is 12.6. The zero-order valence-electron chi connectivity index (χ0n) is 12.6. The van der Waals surface area contributed by atoms with Gasteiger partial charge in [0.15, 0.2) is 11.5 Å². The molecular formula is C15H19N3O3. The van der Waals surface area contributed by atoms with Crippen LogP contribution in [-0.2, 0) is 13.6 Å². The first-order valence-electron chi connectivity index (χ1n) is 6.58. The number of amides is 1. The standard InChI is InChI=1S/C15H19N3O3/c1-9-12(10(2)18(3)17-9)8-16-15(20)11-5-6-14(21-4)13(19)7-11/h5-7,19H,8H2,1-4H3,(H,16,20). The van der Waals surface area contributed by atoms with E-state index in [1.807, 2.05) is 20.9 Å².